The highest BCUT2D eigenvalue weighted by Crippen LogP contribution is 2.07. The van der Waals surface area contributed by atoms with Crippen molar-refractivity contribution in [2.45, 2.75) is 38.7 Å². The van der Waals surface area contributed by atoms with Gasteiger partial charge in [-0.05, 0) is 52.4 Å². The van der Waals surface area contributed by atoms with E-state index in [0.29, 0.717) is 6.10 Å². The quantitative estimate of drug-likeness (QED) is 0.650. The van der Waals surface area contributed by atoms with Gasteiger partial charge in [0.05, 0.1) is 6.10 Å². The van der Waals surface area contributed by atoms with Crippen LogP contribution in [0.1, 0.15) is 32.6 Å². The van der Waals surface area contributed by atoms with Crippen LogP contribution in [-0.4, -0.2) is 50.8 Å². The number of piperidine rings is 1. The molecule has 0 unspecified atom stereocenters. The molecule has 1 saturated heterocycles. The Kier molecular flexibility index (Phi) is 6.98. The van der Waals surface area contributed by atoms with Crippen LogP contribution in [0.25, 0.3) is 0 Å². The lowest BCUT2D eigenvalue weighted by Gasteiger charge is -2.23. The van der Waals surface area contributed by atoms with Gasteiger partial charge in [-0.25, -0.2) is 0 Å². The summed E-state index contributed by atoms with van der Waals surface area (Å²) in [6.07, 6.45) is 5.30. The Balaban J connectivity index is 1.91. The molecule has 15 heavy (non-hydrogen) atoms. The molecular weight excluding hydrogens is 188 g/mol. The standard InChI is InChI=1S/C12H26N2O/c1-3-9-14(2)10-4-11-15-12-5-7-13-8-6-12/h12-13H,3-11H2,1-2H3. The van der Waals surface area contributed by atoms with Crippen molar-refractivity contribution in [3.8, 4) is 0 Å². The van der Waals surface area contributed by atoms with Crippen LogP contribution in [0.15, 0.2) is 0 Å². The molecule has 1 N–H and O–H groups in total. The second-order valence-corrected chi connectivity index (χ2v) is 4.48. The monoisotopic (exact) mass is 214 g/mol. The van der Waals surface area contributed by atoms with Crippen molar-refractivity contribution < 1.29 is 4.74 Å². The van der Waals surface area contributed by atoms with Crippen LogP contribution in [0.2, 0.25) is 0 Å². The first-order chi connectivity index (χ1) is 7.33. The average Bonchev–Trinajstić information content (AvgIpc) is 2.26. The van der Waals surface area contributed by atoms with Crippen LogP contribution in [0.3, 0.4) is 0 Å². The predicted octanol–water partition coefficient (Wildman–Crippen LogP) is 1.49. The first-order valence-corrected chi connectivity index (χ1v) is 6.33. The number of rotatable bonds is 7. The van der Waals surface area contributed by atoms with Crippen molar-refractivity contribution in [2.24, 2.45) is 0 Å². The summed E-state index contributed by atoms with van der Waals surface area (Å²) in [7, 11) is 2.19. The largest absolute Gasteiger partial charge is 0.378 e. The fourth-order valence-corrected chi connectivity index (χ4v) is 2.04. The Bertz CT molecular complexity index is 147. The van der Waals surface area contributed by atoms with Crippen molar-refractivity contribution in [3.05, 3.63) is 0 Å². The molecule has 3 nitrogen and oxygen atoms in total. The molecule has 0 bridgehead atoms. The maximum atomic E-state index is 5.84. The molecule has 90 valence electrons. The molecule has 0 aromatic rings. The fraction of sp³-hybridized carbons (Fsp3) is 1.00. The molecule has 0 aliphatic carbocycles. The Labute approximate surface area is 94.2 Å². The van der Waals surface area contributed by atoms with Crippen LogP contribution in [0.5, 0.6) is 0 Å². The van der Waals surface area contributed by atoms with Gasteiger partial charge in [0.2, 0.25) is 0 Å². The third-order valence-corrected chi connectivity index (χ3v) is 2.93. The normalized spacial score (nSPS) is 18.6. The second kappa shape index (κ2) is 8.08. The molecule has 1 fully saturated rings. The van der Waals surface area contributed by atoms with E-state index >= 15 is 0 Å². The SMILES string of the molecule is CCCN(C)CCCOC1CCNCC1. The molecule has 0 atom stereocenters. The summed E-state index contributed by atoms with van der Waals surface area (Å²) in [5.41, 5.74) is 0. The molecule has 0 saturated carbocycles. The maximum Gasteiger partial charge on any atom is 0.0599 e. The van der Waals surface area contributed by atoms with Crippen LogP contribution >= 0.6 is 0 Å². The Morgan fingerprint density at radius 1 is 1.27 bits per heavy atom. The van der Waals surface area contributed by atoms with Crippen molar-refractivity contribution in [3.63, 3.8) is 0 Å². The summed E-state index contributed by atoms with van der Waals surface area (Å²) in [5, 5.41) is 3.35. The minimum atomic E-state index is 0.516. The average molecular weight is 214 g/mol. The molecule has 1 heterocycles. The number of ether oxygens (including phenoxy) is 1. The van der Waals surface area contributed by atoms with E-state index in [-0.39, 0.29) is 0 Å². The first-order valence-electron chi connectivity index (χ1n) is 6.33. The molecule has 1 aliphatic rings. The topological polar surface area (TPSA) is 24.5 Å². The van der Waals surface area contributed by atoms with Crippen LogP contribution in [0.4, 0.5) is 0 Å². The van der Waals surface area contributed by atoms with Gasteiger partial charge in [-0.1, -0.05) is 6.92 Å². The summed E-state index contributed by atoms with van der Waals surface area (Å²) < 4.78 is 5.84. The van der Waals surface area contributed by atoms with Gasteiger partial charge >= 0.3 is 0 Å². The van der Waals surface area contributed by atoms with Gasteiger partial charge in [-0.15, -0.1) is 0 Å². The van der Waals surface area contributed by atoms with E-state index in [1.54, 1.807) is 0 Å². The van der Waals surface area contributed by atoms with E-state index in [0.717, 1.165) is 19.7 Å². The first kappa shape index (κ1) is 12.9. The van der Waals surface area contributed by atoms with Crippen molar-refractivity contribution in [2.75, 3.05) is 39.8 Å². The molecule has 0 radical (unpaired) electrons. The lowest BCUT2D eigenvalue weighted by Crippen LogP contribution is -2.33. The predicted molar refractivity (Wildman–Crippen MR) is 64.2 cm³/mol. The third-order valence-electron chi connectivity index (χ3n) is 2.93. The van der Waals surface area contributed by atoms with Gasteiger partial charge in [0.15, 0.2) is 0 Å². The molecular formula is C12H26N2O. The highest BCUT2D eigenvalue weighted by atomic mass is 16.5. The zero-order valence-electron chi connectivity index (χ0n) is 10.3. The van der Waals surface area contributed by atoms with Crippen LogP contribution < -0.4 is 5.32 Å². The number of nitrogens with one attached hydrogen (secondary N) is 1. The van der Waals surface area contributed by atoms with Crippen LogP contribution in [-0.2, 0) is 4.74 Å². The summed E-state index contributed by atoms with van der Waals surface area (Å²) >= 11 is 0. The molecule has 0 aromatic heterocycles. The number of hydrogen-bond acceptors (Lipinski definition) is 3. The van der Waals surface area contributed by atoms with Gasteiger partial charge in [0.25, 0.3) is 0 Å². The number of hydrogen-bond donors (Lipinski definition) is 1. The van der Waals surface area contributed by atoms with E-state index in [1.807, 2.05) is 0 Å². The van der Waals surface area contributed by atoms with Gasteiger partial charge in [-0.2, -0.15) is 0 Å². The lowest BCUT2D eigenvalue weighted by atomic mass is 10.1. The highest BCUT2D eigenvalue weighted by molar-refractivity contribution is 4.68. The summed E-state index contributed by atoms with van der Waals surface area (Å²) in [6.45, 7) is 7.77. The fourth-order valence-electron chi connectivity index (χ4n) is 2.04. The molecule has 1 rings (SSSR count). The molecule has 0 spiro atoms. The van der Waals surface area contributed by atoms with E-state index in [9.17, 15) is 0 Å². The Hall–Kier alpha value is -0.120. The lowest BCUT2D eigenvalue weighted by molar-refractivity contribution is 0.0286. The minimum absolute atomic E-state index is 0.516. The van der Waals surface area contributed by atoms with Crippen molar-refractivity contribution in [1.29, 1.82) is 0 Å². The van der Waals surface area contributed by atoms with Crippen molar-refractivity contribution in [1.82, 2.24) is 10.2 Å². The van der Waals surface area contributed by atoms with Crippen LogP contribution in [0, 0.1) is 0 Å². The summed E-state index contributed by atoms with van der Waals surface area (Å²) in [5.74, 6) is 0. The highest BCUT2D eigenvalue weighted by Gasteiger charge is 2.12. The smallest absolute Gasteiger partial charge is 0.0599 e. The van der Waals surface area contributed by atoms with E-state index in [4.69, 9.17) is 4.74 Å². The maximum absolute atomic E-state index is 5.84. The molecule has 0 aromatic carbocycles. The second-order valence-electron chi connectivity index (χ2n) is 4.48. The molecule has 1 aliphatic heterocycles. The Morgan fingerprint density at radius 3 is 2.67 bits per heavy atom. The zero-order chi connectivity index (χ0) is 10.9. The zero-order valence-corrected chi connectivity index (χ0v) is 10.3. The number of nitrogens with zero attached hydrogens (tertiary/aromatic N) is 1. The van der Waals surface area contributed by atoms with Gasteiger partial charge in [0, 0.05) is 13.2 Å². The Morgan fingerprint density at radius 2 is 2.00 bits per heavy atom. The minimum Gasteiger partial charge on any atom is -0.378 e. The van der Waals surface area contributed by atoms with Gasteiger partial charge in [0.1, 0.15) is 0 Å². The van der Waals surface area contributed by atoms with Crippen molar-refractivity contribution >= 4 is 0 Å². The van der Waals surface area contributed by atoms with Gasteiger partial charge in [-0.3, -0.25) is 0 Å². The van der Waals surface area contributed by atoms with E-state index < -0.39 is 0 Å². The summed E-state index contributed by atoms with van der Waals surface area (Å²) in [4.78, 5) is 2.38. The molecule has 0 amide bonds. The van der Waals surface area contributed by atoms with Gasteiger partial charge < -0.3 is 15.0 Å². The van der Waals surface area contributed by atoms with E-state index in [1.165, 1.54) is 38.8 Å². The molecule has 3 heteroatoms. The van der Waals surface area contributed by atoms with E-state index in [2.05, 4.69) is 24.2 Å². The summed E-state index contributed by atoms with van der Waals surface area (Å²) in [6, 6.07) is 0. The third kappa shape index (κ3) is 6.13.